The van der Waals surface area contributed by atoms with Crippen LogP contribution >= 0.6 is 47.2 Å². The summed E-state index contributed by atoms with van der Waals surface area (Å²) in [5.74, 6) is 0.977. The van der Waals surface area contributed by atoms with Crippen LogP contribution in [0.1, 0.15) is 5.56 Å². The van der Waals surface area contributed by atoms with Crippen molar-refractivity contribution in [3.63, 3.8) is 0 Å². The first-order valence-electron chi connectivity index (χ1n) is 6.24. The Balaban J connectivity index is 0.00000242. The maximum absolute atomic E-state index is 6.09. The third kappa shape index (κ3) is 5.23. The summed E-state index contributed by atoms with van der Waals surface area (Å²) in [6.45, 7) is 0.365. The van der Waals surface area contributed by atoms with Gasteiger partial charge in [-0.15, -0.1) is 24.0 Å². The average molecular weight is 452 g/mol. The van der Waals surface area contributed by atoms with Crippen LogP contribution in [0.25, 0.3) is 0 Å². The van der Waals surface area contributed by atoms with Crippen molar-refractivity contribution in [2.24, 2.45) is 10.7 Å². The number of nitrogens with zero attached hydrogens (tertiary/aromatic N) is 1. The van der Waals surface area contributed by atoms with Crippen LogP contribution in [0.5, 0.6) is 5.75 Å². The Bertz CT molecular complexity index is 665. The van der Waals surface area contributed by atoms with Gasteiger partial charge in [0.2, 0.25) is 0 Å². The van der Waals surface area contributed by atoms with Gasteiger partial charge in [0.1, 0.15) is 5.75 Å². The van der Waals surface area contributed by atoms with Gasteiger partial charge in [0.05, 0.1) is 19.3 Å². The highest BCUT2D eigenvalue weighted by Crippen LogP contribution is 2.23. The number of rotatable bonds is 4. The maximum atomic E-state index is 6.09. The Labute approximate surface area is 156 Å². The van der Waals surface area contributed by atoms with Crippen LogP contribution in [0.15, 0.2) is 47.5 Å². The molecule has 0 fully saturated rings. The lowest BCUT2D eigenvalue weighted by atomic mass is 10.2. The highest BCUT2D eigenvalue weighted by atomic mass is 127. The summed E-state index contributed by atoms with van der Waals surface area (Å²) >= 11 is 11.9. The molecule has 0 amide bonds. The zero-order valence-electron chi connectivity index (χ0n) is 11.8. The molecule has 7 heteroatoms. The van der Waals surface area contributed by atoms with Crippen molar-refractivity contribution in [3.8, 4) is 5.75 Å². The van der Waals surface area contributed by atoms with Gasteiger partial charge in [-0.2, -0.15) is 0 Å². The molecule has 0 spiro atoms. The zero-order valence-corrected chi connectivity index (χ0v) is 15.7. The molecule has 118 valence electrons. The van der Waals surface area contributed by atoms with Crippen LogP contribution in [0, 0.1) is 0 Å². The molecule has 0 unspecified atom stereocenters. The molecule has 0 heterocycles. The largest absolute Gasteiger partial charge is 0.495 e. The Morgan fingerprint density at radius 3 is 2.64 bits per heavy atom. The number of anilines is 1. The van der Waals surface area contributed by atoms with Crippen molar-refractivity contribution in [2.45, 2.75) is 6.54 Å². The number of methoxy groups -OCH3 is 1. The molecule has 3 N–H and O–H groups in total. The minimum Gasteiger partial charge on any atom is -0.495 e. The summed E-state index contributed by atoms with van der Waals surface area (Å²) in [4.78, 5) is 4.26. The van der Waals surface area contributed by atoms with Crippen molar-refractivity contribution in [2.75, 3.05) is 12.4 Å². The van der Waals surface area contributed by atoms with Gasteiger partial charge in [-0.25, -0.2) is 4.99 Å². The van der Waals surface area contributed by atoms with E-state index >= 15 is 0 Å². The number of ether oxygens (including phenoxy) is 1. The number of hydrogen-bond donors (Lipinski definition) is 2. The number of aliphatic imine (C=N–C) groups is 1. The SMILES string of the molecule is COc1ccccc1NC(N)=NCc1ccc(Cl)cc1Cl.I. The fourth-order valence-electron chi connectivity index (χ4n) is 1.75. The average Bonchev–Trinajstić information content (AvgIpc) is 2.47. The standard InChI is InChI=1S/C15H15Cl2N3O.HI/c1-21-14-5-3-2-4-13(14)20-15(18)19-9-10-6-7-11(16)8-12(10)17;/h2-8H,9H2,1H3,(H3,18,19,20);1H. The summed E-state index contributed by atoms with van der Waals surface area (Å²) in [6.07, 6.45) is 0. The van der Waals surface area contributed by atoms with Crippen molar-refractivity contribution < 1.29 is 4.74 Å². The summed E-state index contributed by atoms with van der Waals surface area (Å²) in [5, 5.41) is 4.15. The van der Waals surface area contributed by atoms with E-state index < -0.39 is 0 Å². The number of nitrogens with two attached hydrogens (primary N) is 1. The highest BCUT2D eigenvalue weighted by molar-refractivity contribution is 14.0. The van der Waals surface area contributed by atoms with E-state index in [0.29, 0.717) is 22.3 Å². The summed E-state index contributed by atoms with van der Waals surface area (Å²) in [5.41, 5.74) is 7.48. The molecule has 0 atom stereocenters. The lowest BCUT2D eigenvalue weighted by molar-refractivity contribution is 0.417. The maximum Gasteiger partial charge on any atom is 0.193 e. The van der Waals surface area contributed by atoms with Crippen LogP contribution < -0.4 is 15.8 Å². The highest BCUT2D eigenvalue weighted by Gasteiger charge is 2.04. The predicted molar refractivity (Wildman–Crippen MR) is 104 cm³/mol. The number of guanidine groups is 1. The van der Waals surface area contributed by atoms with E-state index in [1.54, 1.807) is 19.2 Å². The summed E-state index contributed by atoms with van der Waals surface area (Å²) in [7, 11) is 1.60. The Kier molecular flexibility index (Phi) is 7.78. The molecule has 0 aliphatic rings. The Morgan fingerprint density at radius 2 is 1.95 bits per heavy atom. The molecule has 0 saturated heterocycles. The fourth-order valence-corrected chi connectivity index (χ4v) is 2.21. The van der Waals surface area contributed by atoms with E-state index in [0.717, 1.165) is 11.3 Å². The molecular formula is C15H16Cl2IN3O. The number of benzene rings is 2. The first-order valence-corrected chi connectivity index (χ1v) is 6.99. The molecule has 0 aliphatic carbocycles. The first-order chi connectivity index (χ1) is 10.1. The minimum absolute atomic E-state index is 0. The van der Waals surface area contributed by atoms with Gasteiger partial charge in [-0.1, -0.05) is 41.4 Å². The Hall–Kier alpha value is -1.18. The minimum atomic E-state index is 0. The Morgan fingerprint density at radius 1 is 1.23 bits per heavy atom. The third-order valence-corrected chi connectivity index (χ3v) is 3.39. The zero-order chi connectivity index (χ0) is 15.2. The summed E-state index contributed by atoms with van der Waals surface area (Å²) in [6, 6.07) is 12.7. The molecule has 0 aliphatic heterocycles. The summed E-state index contributed by atoms with van der Waals surface area (Å²) < 4.78 is 5.23. The number of nitrogens with one attached hydrogen (secondary N) is 1. The number of halogens is 3. The predicted octanol–water partition coefficient (Wildman–Crippen LogP) is 4.55. The monoisotopic (exact) mass is 451 g/mol. The van der Waals surface area contributed by atoms with Gasteiger partial charge in [0, 0.05) is 10.0 Å². The third-order valence-electron chi connectivity index (χ3n) is 2.80. The topological polar surface area (TPSA) is 59.6 Å². The van der Waals surface area contributed by atoms with E-state index in [2.05, 4.69) is 10.3 Å². The molecule has 0 radical (unpaired) electrons. The molecule has 0 saturated carbocycles. The lowest BCUT2D eigenvalue weighted by Crippen LogP contribution is -2.22. The van der Waals surface area contributed by atoms with Crippen LogP contribution in [-0.2, 0) is 6.54 Å². The molecular weight excluding hydrogens is 436 g/mol. The quantitative estimate of drug-likeness (QED) is 0.407. The molecule has 0 bridgehead atoms. The van der Waals surface area contributed by atoms with Crippen molar-refractivity contribution in [1.82, 2.24) is 0 Å². The van der Waals surface area contributed by atoms with E-state index in [-0.39, 0.29) is 29.9 Å². The van der Waals surface area contributed by atoms with E-state index in [4.69, 9.17) is 33.7 Å². The molecule has 2 rings (SSSR count). The normalized spacial score (nSPS) is 10.8. The molecule has 2 aromatic rings. The smallest absolute Gasteiger partial charge is 0.193 e. The number of hydrogen-bond acceptors (Lipinski definition) is 2. The van der Waals surface area contributed by atoms with E-state index in [1.165, 1.54) is 0 Å². The second kappa shape index (κ2) is 9.07. The molecule has 0 aromatic heterocycles. The molecule has 22 heavy (non-hydrogen) atoms. The van der Waals surface area contributed by atoms with Crippen LogP contribution in [0.3, 0.4) is 0 Å². The second-order valence-electron chi connectivity index (χ2n) is 4.26. The van der Waals surface area contributed by atoms with Crippen LogP contribution in [0.4, 0.5) is 5.69 Å². The first kappa shape index (κ1) is 18.9. The fraction of sp³-hybridized carbons (Fsp3) is 0.133. The lowest BCUT2D eigenvalue weighted by Gasteiger charge is -2.10. The van der Waals surface area contributed by atoms with Crippen molar-refractivity contribution >= 4 is 58.8 Å². The van der Waals surface area contributed by atoms with Gasteiger partial charge in [-0.05, 0) is 29.8 Å². The van der Waals surface area contributed by atoms with Gasteiger partial charge in [0.25, 0.3) is 0 Å². The van der Waals surface area contributed by atoms with Crippen LogP contribution in [-0.4, -0.2) is 13.1 Å². The van der Waals surface area contributed by atoms with Gasteiger partial charge < -0.3 is 15.8 Å². The van der Waals surface area contributed by atoms with E-state index in [9.17, 15) is 0 Å². The van der Waals surface area contributed by atoms with Crippen molar-refractivity contribution in [3.05, 3.63) is 58.1 Å². The number of para-hydroxylation sites is 2. The van der Waals surface area contributed by atoms with Gasteiger partial charge in [-0.3, -0.25) is 0 Å². The second-order valence-corrected chi connectivity index (χ2v) is 5.11. The molecule has 2 aromatic carbocycles. The van der Waals surface area contributed by atoms with E-state index in [1.807, 2.05) is 30.3 Å². The van der Waals surface area contributed by atoms with Crippen molar-refractivity contribution in [1.29, 1.82) is 0 Å². The molecule has 4 nitrogen and oxygen atoms in total. The van der Waals surface area contributed by atoms with Gasteiger partial charge >= 0.3 is 0 Å². The van der Waals surface area contributed by atoms with Gasteiger partial charge in [0.15, 0.2) is 5.96 Å². The van der Waals surface area contributed by atoms with Crippen LogP contribution in [0.2, 0.25) is 10.0 Å².